The van der Waals surface area contributed by atoms with Gasteiger partial charge in [-0.1, -0.05) is 74.0 Å². The Morgan fingerprint density at radius 3 is 2.26 bits per heavy atom. The average Bonchev–Trinajstić information content (AvgIpc) is 3.16. The molecule has 1 N–H and O–H groups in total. The number of nitrogens with zero attached hydrogens (tertiary/aromatic N) is 4. The van der Waals surface area contributed by atoms with Gasteiger partial charge in [0.2, 0.25) is 0 Å². The molecule has 4 aromatic rings. The maximum Gasteiger partial charge on any atom is 0.158 e. The minimum atomic E-state index is 0.110. The summed E-state index contributed by atoms with van der Waals surface area (Å²) in [5.41, 5.74) is 6.24. The molecule has 0 saturated carbocycles. The van der Waals surface area contributed by atoms with Crippen molar-refractivity contribution in [1.29, 1.82) is 0 Å². The van der Waals surface area contributed by atoms with Crippen LogP contribution in [-0.2, 0) is 0 Å². The van der Waals surface area contributed by atoms with Crippen molar-refractivity contribution in [3.63, 3.8) is 0 Å². The molecule has 2 aromatic carbocycles. The normalized spacial score (nSPS) is 11.9. The minimum Gasteiger partial charge on any atom is -0.369 e. The van der Waals surface area contributed by atoms with E-state index in [1.165, 1.54) is 5.56 Å². The molecule has 0 amide bonds. The molecule has 0 radical (unpaired) electrons. The first-order valence-corrected chi connectivity index (χ1v) is 10.7. The largest absolute Gasteiger partial charge is 0.369 e. The highest BCUT2D eigenvalue weighted by Crippen LogP contribution is 2.27. The highest BCUT2D eigenvalue weighted by Gasteiger charge is 2.20. The lowest BCUT2D eigenvalue weighted by molar-refractivity contribution is 0.254. The van der Waals surface area contributed by atoms with E-state index in [1.807, 2.05) is 22.7 Å². The molecule has 5 heteroatoms. The van der Waals surface area contributed by atoms with Crippen LogP contribution in [0.3, 0.4) is 0 Å². The molecule has 0 atom stereocenters. The molecule has 2 heterocycles. The van der Waals surface area contributed by atoms with Gasteiger partial charge in [-0.25, -0.2) is 4.98 Å². The molecule has 4 rings (SSSR count). The van der Waals surface area contributed by atoms with E-state index in [-0.39, 0.29) is 5.41 Å². The first-order valence-electron chi connectivity index (χ1n) is 10.7. The van der Waals surface area contributed by atoms with Gasteiger partial charge in [-0.2, -0.15) is 9.61 Å². The number of hydrogen-bond donors (Lipinski definition) is 1. The zero-order valence-electron chi connectivity index (χ0n) is 19.1. The zero-order valence-corrected chi connectivity index (χ0v) is 19.1. The Morgan fingerprint density at radius 2 is 1.58 bits per heavy atom. The van der Waals surface area contributed by atoms with Crippen molar-refractivity contribution in [3.05, 3.63) is 72.3 Å². The van der Waals surface area contributed by atoms with Crippen molar-refractivity contribution >= 4 is 11.5 Å². The summed E-state index contributed by atoms with van der Waals surface area (Å²) in [5.74, 6) is 0.953. The van der Waals surface area contributed by atoms with E-state index in [2.05, 4.69) is 93.6 Å². The second kappa shape index (κ2) is 8.52. The minimum absolute atomic E-state index is 0.110. The Hall–Kier alpha value is -3.18. The van der Waals surface area contributed by atoms with Crippen LogP contribution in [0.5, 0.6) is 0 Å². The van der Waals surface area contributed by atoms with E-state index in [1.54, 1.807) is 0 Å². The van der Waals surface area contributed by atoms with E-state index in [4.69, 9.17) is 10.1 Å². The van der Waals surface area contributed by atoms with Gasteiger partial charge in [0.05, 0.1) is 11.4 Å². The number of benzene rings is 2. The first kappa shape index (κ1) is 21.1. The van der Waals surface area contributed by atoms with Crippen molar-refractivity contribution in [2.24, 2.45) is 5.41 Å². The van der Waals surface area contributed by atoms with E-state index in [9.17, 15) is 0 Å². The van der Waals surface area contributed by atoms with Crippen molar-refractivity contribution in [2.45, 2.75) is 20.8 Å². The van der Waals surface area contributed by atoms with Gasteiger partial charge < -0.3 is 10.2 Å². The molecule has 0 aliphatic rings. The Labute approximate surface area is 184 Å². The summed E-state index contributed by atoms with van der Waals surface area (Å²) in [4.78, 5) is 7.14. The predicted octanol–water partition coefficient (Wildman–Crippen LogP) is 5.37. The van der Waals surface area contributed by atoms with Crippen LogP contribution < -0.4 is 5.32 Å². The van der Waals surface area contributed by atoms with Crippen LogP contribution in [0.2, 0.25) is 0 Å². The van der Waals surface area contributed by atoms with Gasteiger partial charge in [0.25, 0.3) is 0 Å². The van der Waals surface area contributed by atoms with Gasteiger partial charge in [-0.3, -0.25) is 0 Å². The van der Waals surface area contributed by atoms with Crippen LogP contribution in [-0.4, -0.2) is 46.7 Å². The molecule has 0 aliphatic heterocycles. The van der Waals surface area contributed by atoms with Gasteiger partial charge in [0, 0.05) is 36.3 Å². The average molecular weight is 414 g/mol. The lowest BCUT2D eigenvalue weighted by Gasteiger charge is -2.29. The Balaban J connectivity index is 1.76. The molecule has 2 aromatic heterocycles. The number of rotatable bonds is 7. The van der Waals surface area contributed by atoms with Crippen LogP contribution in [0, 0.1) is 12.3 Å². The second-order valence-corrected chi connectivity index (χ2v) is 9.31. The number of nitrogens with one attached hydrogen (secondary N) is 1. The summed E-state index contributed by atoms with van der Waals surface area (Å²) in [6.07, 6.45) is 0. The van der Waals surface area contributed by atoms with Crippen LogP contribution in [0.1, 0.15) is 19.4 Å². The van der Waals surface area contributed by atoms with E-state index < -0.39 is 0 Å². The van der Waals surface area contributed by atoms with Gasteiger partial charge in [-0.15, -0.1) is 0 Å². The molecule has 31 heavy (non-hydrogen) atoms. The first-order chi connectivity index (χ1) is 14.8. The maximum absolute atomic E-state index is 4.91. The SMILES string of the molecule is Cc1ccc(-c2cc3nc(-c4ccccc4)cc(NCC(C)(C)CN(C)C)n3n2)cc1. The molecule has 0 bridgehead atoms. The van der Waals surface area contributed by atoms with E-state index in [0.29, 0.717) is 0 Å². The fourth-order valence-electron chi connectivity index (χ4n) is 3.96. The standard InChI is InChI=1S/C26H31N5/c1-19-11-13-21(14-12-19)23-16-25-28-22(20-9-7-6-8-10-20)15-24(31(25)29-23)27-17-26(2,3)18-30(4)5/h6-16,27H,17-18H2,1-5H3. The predicted molar refractivity (Wildman–Crippen MR) is 129 cm³/mol. The highest BCUT2D eigenvalue weighted by atomic mass is 15.3. The molecule has 0 unspecified atom stereocenters. The summed E-state index contributed by atoms with van der Waals surface area (Å²) in [5, 5.41) is 8.54. The summed E-state index contributed by atoms with van der Waals surface area (Å²) in [6, 6.07) is 22.9. The Bertz CT molecular complexity index is 1160. The third kappa shape index (κ3) is 4.94. The Morgan fingerprint density at radius 1 is 0.903 bits per heavy atom. The van der Waals surface area contributed by atoms with Crippen molar-refractivity contribution in [3.8, 4) is 22.5 Å². The smallest absolute Gasteiger partial charge is 0.158 e. The molecular weight excluding hydrogens is 382 g/mol. The third-order valence-electron chi connectivity index (χ3n) is 5.34. The summed E-state index contributed by atoms with van der Waals surface area (Å²) in [7, 11) is 4.22. The lowest BCUT2D eigenvalue weighted by atomic mass is 9.93. The van der Waals surface area contributed by atoms with Crippen LogP contribution in [0.15, 0.2) is 66.7 Å². The number of aromatic nitrogens is 3. The van der Waals surface area contributed by atoms with E-state index >= 15 is 0 Å². The van der Waals surface area contributed by atoms with Gasteiger partial charge in [0.15, 0.2) is 5.65 Å². The number of hydrogen-bond acceptors (Lipinski definition) is 4. The van der Waals surface area contributed by atoms with Crippen molar-refractivity contribution in [1.82, 2.24) is 19.5 Å². The maximum atomic E-state index is 4.91. The molecule has 0 fully saturated rings. The summed E-state index contributed by atoms with van der Waals surface area (Å²) in [6.45, 7) is 8.47. The van der Waals surface area contributed by atoms with Crippen LogP contribution in [0.25, 0.3) is 28.2 Å². The second-order valence-electron chi connectivity index (χ2n) is 9.31. The molecule has 0 saturated heterocycles. The molecule has 0 spiro atoms. The van der Waals surface area contributed by atoms with Crippen LogP contribution in [0.4, 0.5) is 5.82 Å². The molecule has 0 aliphatic carbocycles. The molecular formula is C26H31N5. The number of fused-ring (bicyclic) bond motifs is 1. The summed E-state index contributed by atoms with van der Waals surface area (Å²) >= 11 is 0. The quantitative estimate of drug-likeness (QED) is 0.442. The monoisotopic (exact) mass is 413 g/mol. The van der Waals surface area contributed by atoms with Crippen molar-refractivity contribution < 1.29 is 0 Å². The highest BCUT2D eigenvalue weighted by molar-refractivity contribution is 5.70. The van der Waals surface area contributed by atoms with Gasteiger partial charge in [0.1, 0.15) is 5.82 Å². The third-order valence-corrected chi connectivity index (χ3v) is 5.34. The lowest BCUT2D eigenvalue weighted by Crippen LogP contribution is -2.34. The topological polar surface area (TPSA) is 45.5 Å². The fraction of sp³-hybridized carbons (Fsp3) is 0.308. The number of anilines is 1. The van der Waals surface area contributed by atoms with Crippen LogP contribution >= 0.6 is 0 Å². The zero-order chi connectivity index (χ0) is 22.0. The molecule has 5 nitrogen and oxygen atoms in total. The number of aryl methyl sites for hydroxylation is 1. The summed E-state index contributed by atoms with van der Waals surface area (Å²) < 4.78 is 1.92. The van der Waals surface area contributed by atoms with E-state index in [0.717, 1.165) is 47.1 Å². The van der Waals surface area contributed by atoms with Crippen molar-refractivity contribution in [2.75, 3.05) is 32.5 Å². The fourth-order valence-corrected chi connectivity index (χ4v) is 3.96. The Kier molecular flexibility index (Phi) is 5.79. The van der Waals surface area contributed by atoms with Gasteiger partial charge in [-0.05, 0) is 26.4 Å². The van der Waals surface area contributed by atoms with Gasteiger partial charge >= 0.3 is 0 Å². The molecule has 160 valence electrons.